The Morgan fingerprint density at radius 2 is 0.630 bits per heavy atom. The molecular formula is C19H48P8. The lowest BCUT2D eigenvalue weighted by molar-refractivity contribution is 0.228. The summed E-state index contributed by atoms with van der Waals surface area (Å²) in [6.07, 6.45) is 1.11. The third-order valence-corrected chi connectivity index (χ3v) is 20.0. The van der Waals surface area contributed by atoms with E-state index in [9.17, 15) is 0 Å². The van der Waals surface area contributed by atoms with E-state index in [1.54, 1.807) is 0 Å². The molecule has 0 radical (unpaired) electrons. The van der Waals surface area contributed by atoms with Gasteiger partial charge in [-0.1, -0.05) is 69.2 Å². The van der Waals surface area contributed by atoms with Crippen LogP contribution in [0.4, 0.5) is 0 Å². The summed E-state index contributed by atoms with van der Waals surface area (Å²) in [5.41, 5.74) is 0. The van der Waals surface area contributed by atoms with Crippen molar-refractivity contribution in [2.24, 2.45) is 0 Å². The lowest BCUT2D eigenvalue weighted by Crippen LogP contribution is -2.73. The predicted octanol–water partition coefficient (Wildman–Crippen LogP) is 6.49. The van der Waals surface area contributed by atoms with Gasteiger partial charge in [0.15, 0.2) is 0 Å². The van der Waals surface area contributed by atoms with E-state index in [2.05, 4.69) is 143 Å². The summed E-state index contributed by atoms with van der Waals surface area (Å²) in [5.74, 6) is 0. The van der Waals surface area contributed by atoms with Crippen molar-refractivity contribution in [2.75, 3.05) is 0 Å². The molecule has 0 bridgehead atoms. The maximum Gasteiger partial charge on any atom is 0.00146 e. The summed E-state index contributed by atoms with van der Waals surface area (Å²) < 4.78 is 0. The average molecular weight is 524 g/mol. The zero-order valence-electron chi connectivity index (χ0n) is 19.3. The van der Waals surface area contributed by atoms with Gasteiger partial charge < -0.3 is 0 Å². The highest BCUT2D eigenvalue weighted by molar-refractivity contribution is 7.33. The minimum absolute atomic E-state index is 0.00702. The van der Waals surface area contributed by atoms with Crippen molar-refractivity contribution in [3.63, 3.8) is 0 Å². The second-order valence-corrected chi connectivity index (χ2v) is 20.4. The summed E-state index contributed by atoms with van der Waals surface area (Å²) >= 11 is 0. The van der Waals surface area contributed by atoms with E-state index in [1.165, 1.54) is 0 Å². The second kappa shape index (κ2) is 8.66. The van der Waals surface area contributed by atoms with Crippen LogP contribution in [-0.4, -0.2) is 41.2 Å². The molecule has 0 aliphatic carbocycles. The zero-order valence-corrected chi connectivity index (χ0v) is 28.6. The molecule has 0 spiro atoms. The Morgan fingerprint density at radius 3 is 0.852 bits per heavy atom. The fourth-order valence-corrected chi connectivity index (χ4v) is 8.69. The lowest BCUT2D eigenvalue weighted by atomic mass is 9.63. The van der Waals surface area contributed by atoms with Gasteiger partial charge in [-0.25, -0.2) is 0 Å². The Kier molecular flexibility index (Phi) is 9.76. The molecule has 0 saturated carbocycles. The summed E-state index contributed by atoms with van der Waals surface area (Å²) in [5, 5.41) is -0.183. The predicted molar refractivity (Wildman–Crippen MR) is 161 cm³/mol. The monoisotopic (exact) mass is 524 g/mol. The summed E-state index contributed by atoms with van der Waals surface area (Å²) in [7, 11) is 25.6. The Hall–Kier alpha value is 3.44. The molecule has 0 aliphatic rings. The van der Waals surface area contributed by atoms with Crippen molar-refractivity contribution in [3.8, 4) is 0 Å². The van der Waals surface area contributed by atoms with Gasteiger partial charge in [0.1, 0.15) is 0 Å². The molecular weight excluding hydrogens is 476 g/mol. The Bertz CT molecular complexity index is 536. The first-order chi connectivity index (χ1) is 11.3. The van der Waals surface area contributed by atoms with Gasteiger partial charge in [0.05, 0.1) is 0 Å². The lowest BCUT2D eigenvalue weighted by Gasteiger charge is -2.68. The van der Waals surface area contributed by atoms with E-state index < -0.39 is 0 Å². The maximum absolute atomic E-state index is 3.26. The molecule has 0 N–H and O–H groups in total. The molecule has 15 unspecified atom stereocenters. The minimum atomic E-state index is -0.0948. The van der Waals surface area contributed by atoms with Crippen LogP contribution in [0.2, 0.25) is 0 Å². The van der Waals surface area contributed by atoms with Crippen LogP contribution < -0.4 is 0 Å². The van der Waals surface area contributed by atoms with E-state index in [0.29, 0.717) is 0 Å². The molecule has 0 saturated heterocycles. The molecule has 0 aromatic carbocycles. The zero-order chi connectivity index (χ0) is 22.7. The minimum Gasteiger partial charge on any atom is -0.131 e. The summed E-state index contributed by atoms with van der Waals surface area (Å²) in [6, 6.07) is 0. The molecule has 0 heterocycles. The van der Waals surface area contributed by atoms with Gasteiger partial charge in [-0.05, 0) is 16.7 Å². The van der Waals surface area contributed by atoms with Crippen LogP contribution in [0, 0.1) is 0 Å². The number of rotatable bonds is 8. The van der Waals surface area contributed by atoms with Crippen LogP contribution in [0.15, 0.2) is 0 Å². The molecule has 0 nitrogen and oxygen atoms in total. The van der Waals surface area contributed by atoms with E-state index in [1.807, 2.05) is 0 Å². The standard InChI is InChI=1S/C19H48P8/c1-11-13(4,21)15(6,23)17(8,25)19(10,27)18(9,26)16(7,24)14(5,22)12(2,3)20/h11,20-27H2,1-10H3. The largest absolute Gasteiger partial charge is 0.131 e. The Balaban J connectivity index is 6.65. The van der Waals surface area contributed by atoms with Gasteiger partial charge in [-0.15, -0.1) is 73.9 Å². The van der Waals surface area contributed by atoms with E-state index in [0.717, 1.165) is 6.42 Å². The maximum atomic E-state index is 3.26. The van der Waals surface area contributed by atoms with Crippen LogP contribution in [0.5, 0.6) is 0 Å². The Labute approximate surface area is 190 Å². The first-order valence-electron chi connectivity index (χ1n) is 9.62. The van der Waals surface area contributed by atoms with Gasteiger partial charge >= 0.3 is 0 Å². The van der Waals surface area contributed by atoms with Crippen molar-refractivity contribution in [1.29, 1.82) is 0 Å². The SMILES string of the molecule is CCC(C)(P)C(C)(P)C(C)(P)C(C)(P)C(C)(P)C(C)(P)C(C)(P)C(C)(C)P. The van der Waals surface area contributed by atoms with Gasteiger partial charge in [0, 0.05) is 30.9 Å². The van der Waals surface area contributed by atoms with Gasteiger partial charge in [-0.3, -0.25) is 0 Å². The van der Waals surface area contributed by atoms with Crippen molar-refractivity contribution in [3.05, 3.63) is 0 Å². The van der Waals surface area contributed by atoms with Crippen molar-refractivity contribution in [2.45, 2.75) is 117 Å². The van der Waals surface area contributed by atoms with Crippen LogP contribution in [0.3, 0.4) is 0 Å². The van der Waals surface area contributed by atoms with Gasteiger partial charge in [0.2, 0.25) is 0 Å². The quantitative estimate of drug-likeness (QED) is 0.319. The van der Waals surface area contributed by atoms with Crippen molar-refractivity contribution in [1.82, 2.24) is 0 Å². The molecule has 164 valence electrons. The molecule has 0 amide bonds. The van der Waals surface area contributed by atoms with Crippen LogP contribution in [0.25, 0.3) is 0 Å². The third kappa shape index (κ3) is 4.60. The summed E-state index contributed by atoms with van der Waals surface area (Å²) in [4.78, 5) is 0. The highest BCUT2D eigenvalue weighted by Gasteiger charge is 2.66. The molecule has 0 aliphatic heterocycles. The molecule has 0 aromatic rings. The fraction of sp³-hybridized carbons (Fsp3) is 1.00. The van der Waals surface area contributed by atoms with E-state index in [-0.39, 0.29) is 41.2 Å². The van der Waals surface area contributed by atoms with E-state index >= 15 is 0 Å². The van der Waals surface area contributed by atoms with Crippen LogP contribution in [0.1, 0.15) is 75.7 Å². The Morgan fingerprint density at radius 1 is 0.407 bits per heavy atom. The van der Waals surface area contributed by atoms with Crippen LogP contribution in [-0.2, 0) is 0 Å². The fourth-order valence-electron chi connectivity index (χ4n) is 3.79. The highest BCUT2D eigenvalue weighted by atomic mass is 31.0. The van der Waals surface area contributed by atoms with E-state index in [4.69, 9.17) is 0 Å². The molecule has 0 rings (SSSR count). The van der Waals surface area contributed by atoms with Gasteiger partial charge in [-0.2, -0.15) is 0 Å². The van der Waals surface area contributed by atoms with Gasteiger partial charge in [0.25, 0.3) is 0 Å². The number of hydrogen-bond donors (Lipinski definition) is 0. The van der Waals surface area contributed by atoms with Crippen molar-refractivity contribution >= 4 is 73.9 Å². The van der Waals surface area contributed by atoms with Crippen LogP contribution >= 0.6 is 73.9 Å². The summed E-state index contributed by atoms with van der Waals surface area (Å²) in [6.45, 7) is 23.6. The molecule has 15 atom stereocenters. The average Bonchev–Trinajstić information content (AvgIpc) is 2.44. The smallest absolute Gasteiger partial charge is 0.00146 e. The number of hydrogen-bond acceptors (Lipinski definition) is 0. The second-order valence-electron chi connectivity index (χ2n) is 10.7. The molecule has 0 aromatic heterocycles. The molecule has 0 fully saturated rings. The molecule has 8 heteroatoms. The normalized spacial score (nSPS) is 29.1. The van der Waals surface area contributed by atoms with Crippen molar-refractivity contribution < 1.29 is 0 Å². The topological polar surface area (TPSA) is 0 Å². The first-order valence-corrected chi connectivity index (χ1v) is 14.2. The first kappa shape index (κ1) is 30.4. The highest BCUT2D eigenvalue weighted by Crippen LogP contribution is 2.68. The third-order valence-electron chi connectivity index (χ3n) is 8.65. The molecule has 27 heavy (non-hydrogen) atoms.